The Hall–Kier alpha value is -1.91. The van der Waals surface area contributed by atoms with Gasteiger partial charge in [0, 0.05) is 18.4 Å². The summed E-state index contributed by atoms with van der Waals surface area (Å²) in [6, 6.07) is 21.3. The molecule has 28 heavy (non-hydrogen) atoms. The highest BCUT2D eigenvalue weighted by Gasteiger charge is 2.50. The molecule has 1 aliphatic rings. The fraction of sp³-hybridized carbons (Fsp3) is 0.458. The van der Waals surface area contributed by atoms with Gasteiger partial charge in [-0.2, -0.15) is 0 Å². The molecular weight excluding hydrogens is 364 g/mol. The summed E-state index contributed by atoms with van der Waals surface area (Å²) in [4.78, 5) is 11.7. The summed E-state index contributed by atoms with van der Waals surface area (Å²) in [7, 11) is -2.54. The molecule has 2 aromatic carbocycles. The first kappa shape index (κ1) is 20.8. The Balaban J connectivity index is 1.98. The van der Waals surface area contributed by atoms with E-state index in [-0.39, 0.29) is 28.9 Å². The van der Waals surface area contributed by atoms with Crippen molar-refractivity contribution in [2.45, 2.75) is 52.2 Å². The minimum atomic E-state index is -2.54. The van der Waals surface area contributed by atoms with Crippen LogP contribution in [0.15, 0.2) is 60.7 Å². The van der Waals surface area contributed by atoms with Gasteiger partial charge in [0.05, 0.1) is 6.42 Å². The molecular formula is C24H32O3Si. The van der Waals surface area contributed by atoms with Gasteiger partial charge in [-0.25, -0.2) is 0 Å². The Labute approximate surface area is 170 Å². The summed E-state index contributed by atoms with van der Waals surface area (Å²) < 4.78 is 12.6. The summed E-state index contributed by atoms with van der Waals surface area (Å²) in [6.45, 7) is 11.6. The van der Waals surface area contributed by atoms with Gasteiger partial charge in [0.15, 0.2) is 0 Å². The van der Waals surface area contributed by atoms with E-state index in [4.69, 9.17) is 9.16 Å². The van der Waals surface area contributed by atoms with Crippen LogP contribution in [0.1, 0.15) is 41.0 Å². The highest BCUT2D eigenvalue weighted by Crippen LogP contribution is 2.37. The van der Waals surface area contributed by atoms with Crippen LogP contribution < -0.4 is 10.4 Å². The van der Waals surface area contributed by atoms with Crippen LogP contribution in [-0.2, 0) is 14.0 Å². The third-order valence-corrected chi connectivity index (χ3v) is 10.9. The second-order valence-electron chi connectivity index (χ2n) is 9.09. The standard InChI is InChI=1S/C24H32O3Si/c1-18-16-22(25)27-23(18)19(2)17-26-28(24(3,4)5,20-12-8-6-9-13-20)21-14-10-7-11-15-21/h6-15,18-19,23H,16-17H2,1-5H3/t18-,19-,23-/m0/s1. The number of carbonyl (C=O) groups excluding carboxylic acids is 1. The van der Waals surface area contributed by atoms with Crippen LogP contribution in [0.3, 0.4) is 0 Å². The molecule has 3 atom stereocenters. The van der Waals surface area contributed by atoms with Crippen molar-refractivity contribution in [3.05, 3.63) is 60.7 Å². The Morgan fingerprint density at radius 3 is 1.93 bits per heavy atom. The molecule has 3 rings (SSSR count). The fourth-order valence-electron chi connectivity index (χ4n) is 4.48. The van der Waals surface area contributed by atoms with Crippen molar-refractivity contribution in [1.82, 2.24) is 0 Å². The molecule has 1 heterocycles. The highest BCUT2D eigenvalue weighted by molar-refractivity contribution is 6.99. The molecule has 1 saturated heterocycles. The second-order valence-corrected chi connectivity index (χ2v) is 13.4. The summed E-state index contributed by atoms with van der Waals surface area (Å²) in [5.74, 6) is 0.308. The number of rotatable bonds is 6. The molecule has 150 valence electrons. The molecule has 0 N–H and O–H groups in total. The normalized spacial score (nSPS) is 21.4. The molecule has 0 unspecified atom stereocenters. The van der Waals surface area contributed by atoms with Gasteiger partial charge in [0.2, 0.25) is 0 Å². The maximum atomic E-state index is 11.7. The largest absolute Gasteiger partial charge is 0.462 e. The van der Waals surface area contributed by atoms with Gasteiger partial charge >= 0.3 is 5.97 Å². The quantitative estimate of drug-likeness (QED) is 0.543. The van der Waals surface area contributed by atoms with Crippen molar-refractivity contribution in [2.75, 3.05) is 6.61 Å². The van der Waals surface area contributed by atoms with E-state index in [0.717, 1.165) is 0 Å². The molecule has 0 aliphatic carbocycles. The van der Waals surface area contributed by atoms with Gasteiger partial charge in [-0.1, -0.05) is 95.3 Å². The molecule has 0 aromatic heterocycles. The van der Waals surface area contributed by atoms with E-state index in [1.54, 1.807) is 0 Å². The van der Waals surface area contributed by atoms with Crippen molar-refractivity contribution in [3.63, 3.8) is 0 Å². The number of cyclic esters (lactones) is 1. The first-order valence-corrected chi connectivity index (χ1v) is 12.1. The number of hydrogen-bond acceptors (Lipinski definition) is 3. The SMILES string of the molecule is C[C@@H](CO[Si](c1ccccc1)(c1ccccc1)C(C)(C)C)[C@H]1OC(=O)C[C@@H]1C. The maximum Gasteiger partial charge on any atom is 0.306 e. The topological polar surface area (TPSA) is 35.5 Å². The average molecular weight is 397 g/mol. The van der Waals surface area contributed by atoms with E-state index in [1.807, 2.05) is 0 Å². The van der Waals surface area contributed by atoms with Gasteiger partial charge in [-0.05, 0) is 15.4 Å². The zero-order valence-electron chi connectivity index (χ0n) is 17.6. The Bertz CT molecular complexity index is 743. The molecule has 0 spiro atoms. The molecule has 2 aromatic rings. The lowest BCUT2D eigenvalue weighted by atomic mass is 9.94. The fourth-order valence-corrected chi connectivity index (χ4v) is 9.15. The van der Waals surface area contributed by atoms with E-state index >= 15 is 0 Å². The molecule has 0 saturated carbocycles. The molecule has 4 heteroatoms. The summed E-state index contributed by atoms with van der Waals surface area (Å²) in [6.07, 6.45) is 0.444. The Morgan fingerprint density at radius 2 is 1.54 bits per heavy atom. The van der Waals surface area contributed by atoms with Gasteiger partial charge in [0.25, 0.3) is 8.32 Å². The van der Waals surface area contributed by atoms with E-state index in [2.05, 4.69) is 95.3 Å². The van der Waals surface area contributed by atoms with Crippen molar-refractivity contribution in [1.29, 1.82) is 0 Å². The molecule has 1 fully saturated rings. The first-order chi connectivity index (χ1) is 13.3. The predicted molar refractivity (Wildman–Crippen MR) is 116 cm³/mol. The summed E-state index contributed by atoms with van der Waals surface area (Å²) in [5, 5.41) is 2.50. The van der Waals surface area contributed by atoms with Crippen LogP contribution in [0.25, 0.3) is 0 Å². The number of hydrogen-bond donors (Lipinski definition) is 0. The smallest absolute Gasteiger partial charge is 0.306 e. The minimum absolute atomic E-state index is 0.0482. The van der Waals surface area contributed by atoms with E-state index in [1.165, 1.54) is 10.4 Å². The van der Waals surface area contributed by atoms with Gasteiger partial charge in [-0.3, -0.25) is 4.79 Å². The van der Waals surface area contributed by atoms with Gasteiger partial charge in [-0.15, -0.1) is 0 Å². The molecule has 3 nitrogen and oxygen atoms in total. The maximum absolute atomic E-state index is 11.7. The van der Waals surface area contributed by atoms with Gasteiger partial charge < -0.3 is 9.16 Å². The van der Waals surface area contributed by atoms with E-state index < -0.39 is 8.32 Å². The zero-order valence-corrected chi connectivity index (χ0v) is 18.6. The third kappa shape index (κ3) is 3.94. The van der Waals surface area contributed by atoms with E-state index in [0.29, 0.717) is 13.0 Å². The number of benzene rings is 2. The number of carbonyl (C=O) groups is 1. The average Bonchev–Trinajstić information content (AvgIpc) is 3.01. The van der Waals surface area contributed by atoms with Crippen molar-refractivity contribution in [3.8, 4) is 0 Å². The number of ether oxygens (including phenoxy) is 1. The molecule has 1 aliphatic heterocycles. The number of esters is 1. The van der Waals surface area contributed by atoms with Crippen LogP contribution in [-0.4, -0.2) is 27.0 Å². The third-order valence-electron chi connectivity index (χ3n) is 5.86. The highest BCUT2D eigenvalue weighted by atomic mass is 28.4. The van der Waals surface area contributed by atoms with Crippen LogP contribution in [0.4, 0.5) is 0 Å². The Morgan fingerprint density at radius 1 is 1.04 bits per heavy atom. The molecule has 0 radical (unpaired) electrons. The van der Waals surface area contributed by atoms with E-state index in [9.17, 15) is 4.79 Å². The minimum Gasteiger partial charge on any atom is -0.462 e. The summed E-state index contributed by atoms with van der Waals surface area (Å²) in [5.41, 5.74) is 0. The Kier molecular flexibility index (Phi) is 6.11. The van der Waals surface area contributed by atoms with Gasteiger partial charge in [0.1, 0.15) is 6.10 Å². The second kappa shape index (κ2) is 8.22. The van der Waals surface area contributed by atoms with Crippen molar-refractivity contribution >= 4 is 24.7 Å². The lowest BCUT2D eigenvalue weighted by molar-refractivity contribution is -0.143. The lowest BCUT2D eigenvalue weighted by Gasteiger charge is -2.44. The van der Waals surface area contributed by atoms with Crippen LogP contribution in [0.5, 0.6) is 0 Å². The van der Waals surface area contributed by atoms with Crippen molar-refractivity contribution < 1.29 is 14.0 Å². The zero-order chi connectivity index (χ0) is 20.4. The van der Waals surface area contributed by atoms with Crippen LogP contribution in [0, 0.1) is 11.8 Å². The lowest BCUT2D eigenvalue weighted by Crippen LogP contribution is -2.67. The van der Waals surface area contributed by atoms with Crippen LogP contribution in [0.2, 0.25) is 5.04 Å². The monoisotopic (exact) mass is 396 g/mol. The summed E-state index contributed by atoms with van der Waals surface area (Å²) >= 11 is 0. The van der Waals surface area contributed by atoms with Crippen molar-refractivity contribution in [2.24, 2.45) is 11.8 Å². The molecule has 0 bridgehead atoms. The molecule has 0 amide bonds. The van der Waals surface area contributed by atoms with Crippen LogP contribution >= 0.6 is 0 Å². The predicted octanol–water partition coefficient (Wildman–Crippen LogP) is 4.15. The first-order valence-electron chi connectivity index (χ1n) is 10.2.